The lowest BCUT2D eigenvalue weighted by atomic mass is 10.2. The van der Waals surface area contributed by atoms with Crippen molar-refractivity contribution in [3.05, 3.63) is 54.1 Å². The number of esters is 1. The number of nitrogens with two attached hydrogens (primary N) is 1. The van der Waals surface area contributed by atoms with E-state index < -0.39 is 0 Å². The molecule has 0 radical (unpaired) electrons. The summed E-state index contributed by atoms with van der Waals surface area (Å²) in [5, 5.41) is 0. The van der Waals surface area contributed by atoms with E-state index in [9.17, 15) is 4.79 Å². The van der Waals surface area contributed by atoms with Crippen molar-refractivity contribution in [3.63, 3.8) is 0 Å². The van der Waals surface area contributed by atoms with Crippen LogP contribution >= 0.6 is 11.8 Å². The van der Waals surface area contributed by atoms with Crippen LogP contribution in [0.25, 0.3) is 0 Å². The molecule has 0 aliphatic rings. The number of carbonyl (C=O) groups excluding carboxylic acids is 1. The number of rotatable bonds is 4. The maximum atomic E-state index is 11.9. The van der Waals surface area contributed by atoms with E-state index in [0.717, 1.165) is 9.79 Å². The summed E-state index contributed by atoms with van der Waals surface area (Å²) in [6, 6.07) is 15.1. The summed E-state index contributed by atoms with van der Waals surface area (Å²) in [4.78, 5) is 13.7. The molecule has 0 bridgehead atoms. The number of anilines is 1. The summed E-state index contributed by atoms with van der Waals surface area (Å²) in [5.74, 6) is -0.340. The van der Waals surface area contributed by atoms with Crippen molar-refractivity contribution < 1.29 is 9.53 Å². The van der Waals surface area contributed by atoms with E-state index in [-0.39, 0.29) is 5.97 Å². The molecule has 0 saturated heterocycles. The number of nitrogen functional groups attached to an aromatic ring is 1. The average Bonchev–Trinajstić information content (AvgIpc) is 2.42. The number of ether oxygens (including phenoxy) is 1. The molecular formula is C15H15NO2S. The summed E-state index contributed by atoms with van der Waals surface area (Å²) >= 11 is 1.47. The van der Waals surface area contributed by atoms with Crippen LogP contribution in [0.5, 0.6) is 0 Å². The lowest BCUT2D eigenvalue weighted by molar-refractivity contribution is 0.0522. The third-order valence-electron chi connectivity index (χ3n) is 2.50. The predicted octanol–water partition coefficient (Wildman–Crippen LogP) is 3.60. The number of hydrogen-bond donors (Lipinski definition) is 1. The maximum absolute atomic E-state index is 11.9. The van der Waals surface area contributed by atoms with Crippen molar-refractivity contribution in [1.82, 2.24) is 0 Å². The molecule has 0 heterocycles. The highest BCUT2D eigenvalue weighted by atomic mass is 32.2. The number of hydrogen-bond acceptors (Lipinski definition) is 4. The third-order valence-corrected chi connectivity index (χ3v) is 3.67. The van der Waals surface area contributed by atoms with Crippen LogP contribution in [0.2, 0.25) is 0 Å². The first-order valence-corrected chi connectivity index (χ1v) is 6.82. The van der Waals surface area contributed by atoms with Gasteiger partial charge in [0.15, 0.2) is 0 Å². The van der Waals surface area contributed by atoms with Crippen molar-refractivity contribution in [2.45, 2.75) is 16.7 Å². The molecule has 2 aromatic rings. The minimum absolute atomic E-state index is 0.340. The number of carbonyl (C=O) groups is 1. The van der Waals surface area contributed by atoms with Gasteiger partial charge in [0.25, 0.3) is 0 Å². The smallest absolute Gasteiger partial charge is 0.339 e. The highest BCUT2D eigenvalue weighted by Gasteiger charge is 2.15. The Balaban J connectivity index is 2.36. The average molecular weight is 273 g/mol. The van der Waals surface area contributed by atoms with Gasteiger partial charge in [-0.25, -0.2) is 4.79 Å². The summed E-state index contributed by atoms with van der Waals surface area (Å²) in [6.45, 7) is 2.14. The Morgan fingerprint density at radius 3 is 2.58 bits per heavy atom. The van der Waals surface area contributed by atoms with Crippen molar-refractivity contribution in [1.29, 1.82) is 0 Å². The van der Waals surface area contributed by atoms with E-state index in [1.807, 2.05) is 30.3 Å². The molecule has 0 amide bonds. The molecular weight excluding hydrogens is 258 g/mol. The van der Waals surface area contributed by atoms with Crippen molar-refractivity contribution >= 4 is 23.4 Å². The molecule has 0 aliphatic carbocycles. The topological polar surface area (TPSA) is 52.3 Å². The SMILES string of the molecule is CCOC(=O)c1cccc(N)c1Sc1ccccc1. The van der Waals surface area contributed by atoms with Crippen molar-refractivity contribution in [2.75, 3.05) is 12.3 Å². The first kappa shape index (κ1) is 13.5. The van der Waals surface area contributed by atoms with Gasteiger partial charge in [0.1, 0.15) is 0 Å². The molecule has 0 atom stereocenters. The Bertz CT molecular complexity index is 570. The summed E-state index contributed by atoms with van der Waals surface area (Å²) < 4.78 is 5.05. The van der Waals surface area contributed by atoms with Gasteiger partial charge in [0, 0.05) is 15.5 Å². The predicted molar refractivity (Wildman–Crippen MR) is 77.4 cm³/mol. The standard InChI is InChI=1S/C15H15NO2S/c1-2-18-15(17)12-9-6-10-13(16)14(12)19-11-7-4-3-5-8-11/h3-10H,2,16H2,1H3. The zero-order valence-corrected chi connectivity index (χ0v) is 11.4. The second-order valence-corrected chi connectivity index (χ2v) is 4.94. The van der Waals surface area contributed by atoms with E-state index in [1.54, 1.807) is 25.1 Å². The largest absolute Gasteiger partial charge is 0.462 e. The van der Waals surface area contributed by atoms with E-state index in [1.165, 1.54) is 11.8 Å². The molecule has 19 heavy (non-hydrogen) atoms. The van der Waals surface area contributed by atoms with Gasteiger partial charge in [-0.15, -0.1) is 0 Å². The van der Waals surface area contributed by atoms with Gasteiger partial charge in [0.2, 0.25) is 0 Å². The molecule has 0 fully saturated rings. The first-order chi connectivity index (χ1) is 9.22. The van der Waals surface area contributed by atoms with Crippen LogP contribution in [0.15, 0.2) is 58.3 Å². The third kappa shape index (κ3) is 3.29. The van der Waals surface area contributed by atoms with Gasteiger partial charge < -0.3 is 10.5 Å². The highest BCUT2D eigenvalue weighted by Crippen LogP contribution is 2.35. The van der Waals surface area contributed by atoms with Crippen LogP contribution in [0.1, 0.15) is 17.3 Å². The van der Waals surface area contributed by atoms with Crippen molar-refractivity contribution in [2.24, 2.45) is 0 Å². The van der Waals surface area contributed by atoms with Crippen LogP contribution < -0.4 is 5.73 Å². The molecule has 0 saturated carbocycles. The molecule has 2 rings (SSSR count). The Morgan fingerprint density at radius 1 is 1.16 bits per heavy atom. The number of benzene rings is 2. The van der Waals surface area contributed by atoms with Gasteiger partial charge in [0.05, 0.1) is 12.2 Å². The molecule has 0 aromatic heterocycles. The lowest BCUT2D eigenvalue weighted by Crippen LogP contribution is -2.07. The summed E-state index contributed by atoms with van der Waals surface area (Å²) in [6.07, 6.45) is 0. The van der Waals surface area contributed by atoms with Gasteiger partial charge in [-0.1, -0.05) is 36.0 Å². The Labute approximate surface area is 116 Å². The minimum atomic E-state index is -0.340. The lowest BCUT2D eigenvalue weighted by Gasteiger charge is -2.11. The minimum Gasteiger partial charge on any atom is -0.462 e. The normalized spacial score (nSPS) is 10.2. The highest BCUT2D eigenvalue weighted by molar-refractivity contribution is 7.99. The summed E-state index contributed by atoms with van der Waals surface area (Å²) in [5.41, 5.74) is 7.07. The monoisotopic (exact) mass is 273 g/mol. The van der Waals surface area contributed by atoms with E-state index in [2.05, 4.69) is 0 Å². The first-order valence-electron chi connectivity index (χ1n) is 6.01. The zero-order valence-electron chi connectivity index (χ0n) is 10.6. The fraction of sp³-hybridized carbons (Fsp3) is 0.133. The second kappa shape index (κ2) is 6.29. The van der Waals surface area contributed by atoms with Crippen LogP contribution in [-0.4, -0.2) is 12.6 Å². The molecule has 0 spiro atoms. The molecule has 2 aromatic carbocycles. The Morgan fingerprint density at radius 2 is 1.89 bits per heavy atom. The van der Waals surface area contributed by atoms with Crippen LogP contribution in [-0.2, 0) is 4.74 Å². The fourth-order valence-corrected chi connectivity index (χ4v) is 2.62. The van der Waals surface area contributed by atoms with Gasteiger partial charge in [-0.05, 0) is 31.2 Å². The quantitative estimate of drug-likeness (QED) is 0.683. The van der Waals surface area contributed by atoms with E-state index in [0.29, 0.717) is 17.9 Å². The van der Waals surface area contributed by atoms with Crippen LogP contribution in [0, 0.1) is 0 Å². The van der Waals surface area contributed by atoms with Crippen molar-refractivity contribution in [3.8, 4) is 0 Å². The van der Waals surface area contributed by atoms with E-state index >= 15 is 0 Å². The van der Waals surface area contributed by atoms with Crippen LogP contribution in [0.3, 0.4) is 0 Å². The van der Waals surface area contributed by atoms with Gasteiger partial charge >= 0.3 is 5.97 Å². The zero-order chi connectivity index (χ0) is 13.7. The fourth-order valence-electron chi connectivity index (χ4n) is 1.64. The van der Waals surface area contributed by atoms with Gasteiger partial charge in [-0.2, -0.15) is 0 Å². The molecule has 2 N–H and O–H groups in total. The summed E-state index contributed by atoms with van der Waals surface area (Å²) in [7, 11) is 0. The Hall–Kier alpha value is -1.94. The van der Waals surface area contributed by atoms with Gasteiger partial charge in [-0.3, -0.25) is 0 Å². The molecule has 4 heteroatoms. The molecule has 0 aliphatic heterocycles. The molecule has 98 valence electrons. The second-order valence-electron chi connectivity index (χ2n) is 3.86. The van der Waals surface area contributed by atoms with Crippen LogP contribution in [0.4, 0.5) is 5.69 Å². The molecule has 3 nitrogen and oxygen atoms in total. The van der Waals surface area contributed by atoms with E-state index in [4.69, 9.17) is 10.5 Å². The maximum Gasteiger partial charge on any atom is 0.339 e. The Kier molecular flexibility index (Phi) is 4.47. The molecule has 0 unspecified atom stereocenters.